The smallest absolute Gasteiger partial charge is 0.205 e. The maximum absolute atomic E-state index is 4.01. The zero-order valence-corrected chi connectivity index (χ0v) is 10.0. The van der Waals surface area contributed by atoms with E-state index in [2.05, 4.69) is 29.4 Å². The van der Waals surface area contributed by atoms with E-state index in [-0.39, 0.29) is 0 Å². The van der Waals surface area contributed by atoms with Gasteiger partial charge in [-0.05, 0) is 19.3 Å². The highest BCUT2D eigenvalue weighted by Crippen LogP contribution is 2.14. The highest BCUT2D eigenvalue weighted by Gasteiger charge is 1.98. The fraction of sp³-hybridized carbons (Fsp3) is 0.800. The molecule has 0 saturated carbocycles. The number of unbranched alkanes of at least 4 members (excludes halogenated alkanes) is 1. The van der Waals surface area contributed by atoms with Gasteiger partial charge in [0.05, 0.1) is 0 Å². The molecule has 0 aliphatic heterocycles. The van der Waals surface area contributed by atoms with E-state index in [4.69, 9.17) is 0 Å². The lowest BCUT2D eigenvalue weighted by Gasteiger charge is -2.04. The Bertz CT molecular complexity index is 258. The fourth-order valence-electron chi connectivity index (χ4n) is 1.24. The standard InChI is InChI=1S/C10H19N3S/c1-8(2)6-4-5-7-11-10-13-12-9(3)14-10/h8H,4-7H2,1-3H3,(H,11,13). The summed E-state index contributed by atoms with van der Waals surface area (Å²) in [5, 5.41) is 13.2. The number of anilines is 1. The summed E-state index contributed by atoms with van der Waals surface area (Å²) in [7, 11) is 0. The summed E-state index contributed by atoms with van der Waals surface area (Å²) < 4.78 is 0. The van der Waals surface area contributed by atoms with Crippen LogP contribution in [0, 0.1) is 12.8 Å². The molecule has 0 atom stereocenters. The number of nitrogens with zero attached hydrogens (tertiary/aromatic N) is 2. The van der Waals surface area contributed by atoms with Crippen LogP contribution in [0.5, 0.6) is 0 Å². The van der Waals surface area contributed by atoms with Crippen LogP contribution in [0.4, 0.5) is 5.13 Å². The molecule has 1 heterocycles. The first-order valence-electron chi connectivity index (χ1n) is 5.22. The molecule has 1 N–H and O–H groups in total. The third kappa shape index (κ3) is 4.56. The molecular weight excluding hydrogens is 194 g/mol. The van der Waals surface area contributed by atoms with Gasteiger partial charge in [-0.1, -0.05) is 38.0 Å². The van der Waals surface area contributed by atoms with Crippen molar-refractivity contribution in [1.82, 2.24) is 10.2 Å². The third-order valence-corrected chi connectivity index (χ3v) is 2.81. The molecule has 1 aromatic heterocycles. The van der Waals surface area contributed by atoms with Gasteiger partial charge < -0.3 is 5.32 Å². The Labute approximate surface area is 89.9 Å². The highest BCUT2D eigenvalue weighted by atomic mass is 32.1. The Balaban J connectivity index is 2.04. The van der Waals surface area contributed by atoms with Gasteiger partial charge in [-0.2, -0.15) is 0 Å². The van der Waals surface area contributed by atoms with E-state index < -0.39 is 0 Å². The van der Waals surface area contributed by atoms with Crippen LogP contribution in [-0.2, 0) is 0 Å². The van der Waals surface area contributed by atoms with Crippen LogP contribution in [0.15, 0.2) is 0 Å². The molecule has 0 aliphatic rings. The second-order valence-corrected chi connectivity index (χ2v) is 5.12. The minimum Gasteiger partial charge on any atom is -0.360 e. The third-order valence-electron chi connectivity index (χ3n) is 2.01. The van der Waals surface area contributed by atoms with Crippen molar-refractivity contribution in [1.29, 1.82) is 0 Å². The van der Waals surface area contributed by atoms with Crippen molar-refractivity contribution in [3.05, 3.63) is 5.01 Å². The van der Waals surface area contributed by atoms with Crippen molar-refractivity contribution in [2.75, 3.05) is 11.9 Å². The maximum Gasteiger partial charge on any atom is 0.205 e. The zero-order valence-electron chi connectivity index (χ0n) is 9.21. The summed E-state index contributed by atoms with van der Waals surface area (Å²) in [6.45, 7) is 7.52. The minimum atomic E-state index is 0.818. The van der Waals surface area contributed by atoms with Crippen LogP contribution >= 0.6 is 11.3 Å². The zero-order chi connectivity index (χ0) is 10.4. The lowest BCUT2D eigenvalue weighted by atomic mass is 10.1. The molecule has 80 valence electrons. The summed E-state index contributed by atoms with van der Waals surface area (Å²) in [6, 6.07) is 0. The molecule has 1 rings (SSSR count). The molecule has 14 heavy (non-hydrogen) atoms. The van der Waals surface area contributed by atoms with Crippen LogP contribution in [-0.4, -0.2) is 16.7 Å². The fourth-order valence-corrected chi connectivity index (χ4v) is 1.86. The molecule has 0 bridgehead atoms. The molecule has 4 heteroatoms. The molecule has 3 nitrogen and oxygen atoms in total. The Morgan fingerprint density at radius 3 is 2.64 bits per heavy atom. The predicted octanol–water partition coefficient (Wildman–Crippen LogP) is 3.08. The van der Waals surface area contributed by atoms with Gasteiger partial charge in [-0.25, -0.2) is 0 Å². The average molecular weight is 213 g/mol. The van der Waals surface area contributed by atoms with Gasteiger partial charge in [0.15, 0.2) is 0 Å². The van der Waals surface area contributed by atoms with Gasteiger partial charge in [0.2, 0.25) is 5.13 Å². The second-order valence-electron chi connectivity index (χ2n) is 3.94. The Hall–Kier alpha value is -0.640. The molecule has 1 aromatic rings. The average Bonchev–Trinajstić information content (AvgIpc) is 2.50. The number of aryl methyl sites for hydroxylation is 1. The van der Waals surface area contributed by atoms with Crippen LogP contribution in [0.3, 0.4) is 0 Å². The predicted molar refractivity (Wildman–Crippen MR) is 61.8 cm³/mol. The number of hydrogen-bond acceptors (Lipinski definition) is 4. The van der Waals surface area contributed by atoms with Crippen molar-refractivity contribution in [2.24, 2.45) is 5.92 Å². The SMILES string of the molecule is Cc1nnc(NCCCCC(C)C)s1. The van der Waals surface area contributed by atoms with E-state index in [0.717, 1.165) is 22.6 Å². The molecule has 0 fully saturated rings. The lowest BCUT2D eigenvalue weighted by molar-refractivity contribution is 0.544. The minimum absolute atomic E-state index is 0.818. The quantitative estimate of drug-likeness (QED) is 0.738. The van der Waals surface area contributed by atoms with Crippen LogP contribution in [0.25, 0.3) is 0 Å². The summed E-state index contributed by atoms with van der Waals surface area (Å²) in [6.07, 6.45) is 3.83. The van der Waals surface area contributed by atoms with Gasteiger partial charge in [0.25, 0.3) is 0 Å². The summed E-state index contributed by atoms with van der Waals surface area (Å²) >= 11 is 1.62. The maximum atomic E-state index is 4.01. The van der Waals surface area contributed by atoms with Crippen molar-refractivity contribution < 1.29 is 0 Å². The van der Waals surface area contributed by atoms with Gasteiger partial charge in [0, 0.05) is 6.54 Å². The molecule has 0 aliphatic carbocycles. The topological polar surface area (TPSA) is 37.8 Å². The van der Waals surface area contributed by atoms with Crippen molar-refractivity contribution >= 4 is 16.5 Å². The molecule has 0 saturated heterocycles. The molecule has 0 amide bonds. The highest BCUT2D eigenvalue weighted by molar-refractivity contribution is 7.15. The molecule has 0 spiro atoms. The van der Waals surface area contributed by atoms with Crippen molar-refractivity contribution in [2.45, 2.75) is 40.0 Å². The van der Waals surface area contributed by atoms with E-state index >= 15 is 0 Å². The molecular formula is C10H19N3S. The van der Waals surface area contributed by atoms with Crippen molar-refractivity contribution in [3.8, 4) is 0 Å². The Kier molecular flexibility index (Phi) is 4.87. The Morgan fingerprint density at radius 2 is 2.07 bits per heavy atom. The van der Waals surface area contributed by atoms with E-state index in [1.165, 1.54) is 19.3 Å². The van der Waals surface area contributed by atoms with Gasteiger partial charge in [-0.15, -0.1) is 10.2 Å². The summed E-state index contributed by atoms with van der Waals surface area (Å²) in [5.74, 6) is 0.818. The number of hydrogen-bond donors (Lipinski definition) is 1. The van der Waals surface area contributed by atoms with Gasteiger partial charge in [0.1, 0.15) is 5.01 Å². The van der Waals surface area contributed by atoms with Gasteiger partial charge in [-0.3, -0.25) is 0 Å². The first kappa shape index (κ1) is 11.4. The summed E-state index contributed by atoms with van der Waals surface area (Å²) in [4.78, 5) is 0. The normalized spacial score (nSPS) is 10.9. The summed E-state index contributed by atoms with van der Waals surface area (Å²) in [5.41, 5.74) is 0. The lowest BCUT2D eigenvalue weighted by Crippen LogP contribution is -2.01. The molecule has 0 unspecified atom stereocenters. The monoisotopic (exact) mass is 213 g/mol. The van der Waals surface area contributed by atoms with E-state index in [1.807, 2.05) is 6.92 Å². The van der Waals surface area contributed by atoms with Crippen LogP contribution < -0.4 is 5.32 Å². The van der Waals surface area contributed by atoms with Gasteiger partial charge >= 0.3 is 0 Å². The second kappa shape index (κ2) is 5.96. The van der Waals surface area contributed by atoms with E-state index in [0.29, 0.717) is 0 Å². The van der Waals surface area contributed by atoms with E-state index in [9.17, 15) is 0 Å². The Morgan fingerprint density at radius 1 is 1.29 bits per heavy atom. The first-order chi connectivity index (χ1) is 6.68. The molecule has 0 radical (unpaired) electrons. The van der Waals surface area contributed by atoms with Crippen LogP contribution in [0.1, 0.15) is 38.1 Å². The number of rotatable bonds is 6. The molecule has 0 aromatic carbocycles. The number of aromatic nitrogens is 2. The largest absolute Gasteiger partial charge is 0.360 e. The van der Waals surface area contributed by atoms with E-state index in [1.54, 1.807) is 11.3 Å². The first-order valence-corrected chi connectivity index (χ1v) is 6.04. The van der Waals surface area contributed by atoms with Crippen LogP contribution in [0.2, 0.25) is 0 Å². The number of nitrogens with one attached hydrogen (secondary N) is 1. The van der Waals surface area contributed by atoms with Crippen molar-refractivity contribution in [3.63, 3.8) is 0 Å².